The van der Waals surface area contributed by atoms with Gasteiger partial charge in [0.15, 0.2) is 0 Å². The number of hydrogen-bond donors (Lipinski definition) is 1. The lowest BCUT2D eigenvalue weighted by Crippen LogP contribution is -2.53. The zero-order chi connectivity index (χ0) is 27.6. The maximum absolute atomic E-state index is 14.3. The van der Waals surface area contributed by atoms with Crippen molar-refractivity contribution in [2.45, 2.75) is 56.9 Å². The van der Waals surface area contributed by atoms with Crippen molar-refractivity contribution in [1.82, 2.24) is 5.32 Å². The fourth-order valence-corrected chi connectivity index (χ4v) is 4.70. The first kappa shape index (κ1) is 29.3. The minimum Gasteiger partial charge on any atom is -0.492 e. The van der Waals surface area contributed by atoms with Gasteiger partial charge in [0.05, 0.1) is 13.2 Å². The van der Waals surface area contributed by atoms with Crippen LogP contribution in [0.25, 0.3) is 0 Å². The third-order valence-corrected chi connectivity index (χ3v) is 6.61. The first-order valence-corrected chi connectivity index (χ1v) is 12.7. The van der Waals surface area contributed by atoms with Gasteiger partial charge in [-0.1, -0.05) is 48.9 Å². The van der Waals surface area contributed by atoms with E-state index in [0.717, 1.165) is 31.9 Å². The maximum atomic E-state index is 14.3. The first-order valence-electron chi connectivity index (χ1n) is 12.7. The number of alkyl carbamates (subject to hydrolysis) is 1. The summed E-state index contributed by atoms with van der Waals surface area (Å²) in [7, 11) is 0.872. The quantitative estimate of drug-likeness (QED) is 0.299. The summed E-state index contributed by atoms with van der Waals surface area (Å²) < 4.78 is 63.7. The molecule has 2 aromatic carbocycles. The second-order valence-corrected chi connectivity index (χ2v) is 9.08. The summed E-state index contributed by atoms with van der Waals surface area (Å²) in [5.41, 5.74) is -2.57. The number of halogens is 3. The molecule has 38 heavy (non-hydrogen) atoms. The molecule has 0 aromatic heterocycles. The Labute approximate surface area is 220 Å². The van der Waals surface area contributed by atoms with Crippen molar-refractivity contribution < 1.29 is 41.7 Å². The molecule has 0 bridgehead atoms. The molecular weight excluding hydrogens is 503 g/mol. The van der Waals surface area contributed by atoms with Gasteiger partial charge in [-0.3, -0.25) is 0 Å². The summed E-state index contributed by atoms with van der Waals surface area (Å²) in [6.45, 7) is 2.56. The molecule has 0 saturated heterocycles. The van der Waals surface area contributed by atoms with E-state index in [2.05, 4.69) is 5.32 Å². The minimum absolute atomic E-state index is 0.133. The molecule has 1 aliphatic rings. The van der Waals surface area contributed by atoms with Crippen LogP contribution in [0.1, 0.15) is 43.7 Å². The molecule has 3 rings (SSSR count). The van der Waals surface area contributed by atoms with E-state index in [1.54, 1.807) is 25.1 Å². The van der Waals surface area contributed by atoms with E-state index in [9.17, 15) is 22.8 Å². The fraction of sp³-hybridized carbons (Fsp3) is 0.500. The number of carbonyl (C=O) groups is 2. The van der Waals surface area contributed by atoms with Gasteiger partial charge in [-0.05, 0) is 56.2 Å². The number of rotatable bonds is 11. The van der Waals surface area contributed by atoms with E-state index in [-0.39, 0.29) is 24.7 Å². The minimum atomic E-state index is -5.01. The lowest BCUT2D eigenvalue weighted by Gasteiger charge is -2.37. The summed E-state index contributed by atoms with van der Waals surface area (Å²) in [4.78, 5) is 24.4. The monoisotopic (exact) mass is 537 g/mol. The Morgan fingerprint density at radius 1 is 1.00 bits per heavy atom. The van der Waals surface area contributed by atoms with Crippen LogP contribution in [0.4, 0.5) is 18.0 Å². The Kier molecular flexibility index (Phi) is 10.4. The molecule has 0 aliphatic heterocycles. The number of methoxy groups -OCH3 is 1. The Morgan fingerprint density at radius 3 is 2.32 bits per heavy atom. The number of nitrogens with one attached hydrogen (secondary N) is 1. The Morgan fingerprint density at radius 2 is 1.68 bits per heavy atom. The standard InChI is InChI=1S/C28H34F3NO6/c1-3-36-26(34)32-17-18-37-23-15-13-20(14-16-23)19-21-9-7-8-12-24(21)38-25(33)27(35-2,28(29,30)31)22-10-5-4-6-11-22/h4-6,10-11,13-16,21,24H,3,7-9,12,17-19H2,1-2H3,(H,32,34)/t21-,24+,27-/m1/s1. The molecule has 1 amide bonds. The van der Waals surface area contributed by atoms with Crippen LogP contribution in [0, 0.1) is 5.92 Å². The number of alkyl halides is 3. The van der Waals surface area contributed by atoms with Crippen LogP contribution in [0.2, 0.25) is 0 Å². The van der Waals surface area contributed by atoms with Crippen molar-refractivity contribution in [2.75, 3.05) is 26.9 Å². The average Bonchev–Trinajstić information content (AvgIpc) is 2.89. The lowest BCUT2D eigenvalue weighted by molar-refractivity contribution is -0.279. The van der Waals surface area contributed by atoms with Crippen LogP contribution in [0.5, 0.6) is 5.75 Å². The van der Waals surface area contributed by atoms with Crippen LogP contribution < -0.4 is 10.1 Å². The second kappa shape index (κ2) is 13.5. The maximum Gasteiger partial charge on any atom is 0.432 e. The Hall–Kier alpha value is -3.27. The predicted octanol–water partition coefficient (Wildman–Crippen LogP) is 5.56. The summed E-state index contributed by atoms with van der Waals surface area (Å²) >= 11 is 0. The smallest absolute Gasteiger partial charge is 0.432 e. The number of esters is 1. The molecule has 10 heteroatoms. The fourth-order valence-electron chi connectivity index (χ4n) is 4.70. The van der Waals surface area contributed by atoms with Crippen molar-refractivity contribution in [3.63, 3.8) is 0 Å². The topological polar surface area (TPSA) is 83.1 Å². The van der Waals surface area contributed by atoms with Gasteiger partial charge in [0.25, 0.3) is 5.60 Å². The van der Waals surface area contributed by atoms with Gasteiger partial charge in [-0.25, -0.2) is 9.59 Å². The zero-order valence-electron chi connectivity index (χ0n) is 21.6. The number of benzene rings is 2. The molecule has 7 nitrogen and oxygen atoms in total. The van der Waals surface area contributed by atoms with E-state index < -0.39 is 29.9 Å². The highest BCUT2D eigenvalue weighted by Crippen LogP contribution is 2.44. The molecule has 1 fully saturated rings. The first-order chi connectivity index (χ1) is 18.2. The van der Waals surface area contributed by atoms with Crippen molar-refractivity contribution in [1.29, 1.82) is 0 Å². The molecule has 0 radical (unpaired) electrons. The molecule has 1 saturated carbocycles. The van der Waals surface area contributed by atoms with Gasteiger partial charge in [-0.2, -0.15) is 13.2 Å². The summed E-state index contributed by atoms with van der Waals surface area (Å²) in [6.07, 6.45) is -2.76. The van der Waals surface area contributed by atoms with Crippen LogP contribution in [0.3, 0.4) is 0 Å². The van der Waals surface area contributed by atoms with E-state index >= 15 is 0 Å². The van der Waals surface area contributed by atoms with Gasteiger partial charge in [0.1, 0.15) is 18.5 Å². The van der Waals surface area contributed by atoms with Crippen molar-refractivity contribution in [2.24, 2.45) is 5.92 Å². The lowest BCUT2D eigenvalue weighted by atomic mass is 9.82. The van der Waals surface area contributed by atoms with Crippen molar-refractivity contribution in [3.05, 3.63) is 65.7 Å². The van der Waals surface area contributed by atoms with E-state index in [1.165, 1.54) is 24.3 Å². The third kappa shape index (κ3) is 7.18. The normalized spacial score (nSPS) is 19.2. The molecule has 0 heterocycles. The van der Waals surface area contributed by atoms with Crippen LogP contribution >= 0.6 is 0 Å². The molecular formula is C28H34F3NO6. The highest BCUT2D eigenvalue weighted by Gasteiger charge is 2.64. The molecule has 208 valence electrons. The van der Waals surface area contributed by atoms with Gasteiger partial charge in [0.2, 0.25) is 0 Å². The van der Waals surface area contributed by atoms with Crippen LogP contribution in [-0.2, 0) is 31.0 Å². The van der Waals surface area contributed by atoms with Crippen molar-refractivity contribution >= 4 is 12.1 Å². The molecule has 3 atom stereocenters. The van der Waals surface area contributed by atoms with Crippen LogP contribution in [-0.4, -0.2) is 51.2 Å². The molecule has 2 aromatic rings. The molecule has 1 aliphatic carbocycles. The molecule has 0 unspecified atom stereocenters. The van der Waals surface area contributed by atoms with Crippen molar-refractivity contribution in [3.8, 4) is 5.75 Å². The van der Waals surface area contributed by atoms with E-state index in [0.29, 0.717) is 25.1 Å². The summed E-state index contributed by atoms with van der Waals surface area (Å²) in [5, 5.41) is 2.57. The highest BCUT2D eigenvalue weighted by atomic mass is 19.4. The van der Waals surface area contributed by atoms with Crippen LogP contribution in [0.15, 0.2) is 54.6 Å². The average molecular weight is 538 g/mol. The predicted molar refractivity (Wildman–Crippen MR) is 134 cm³/mol. The number of amides is 1. The van der Waals surface area contributed by atoms with E-state index in [1.807, 2.05) is 12.1 Å². The SMILES string of the molecule is CCOC(=O)NCCOc1ccc(C[C@H]2CCCC[C@@H]2OC(=O)[C@](OC)(c2ccccc2)C(F)(F)F)cc1. The molecule has 1 N–H and O–H groups in total. The molecule has 0 spiro atoms. The number of hydrogen-bond acceptors (Lipinski definition) is 6. The Bertz CT molecular complexity index is 1030. The zero-order valence-corrected chi connectivity index (χ0v) is 21.6. The number of ether oxygens (including phenoxy) is 4. The van der Waals surface area contributed by atoms with Gasteiger partial charge >= 0.3 is 18.2 Å². The van der Waals surface area contributed by atoms with Gasteiger partial charge in [-0.15, -0.1) is 0 Å². The largest absolute Gasteiger partial charge is 0.492 e. The van der Waals surface area contributed by atoms with Gasteiger partial charge < -0.3 is 24.3 Å². The highest BCUT2D eigenvalue weighted by molar-refractivity contribution is 5.83. The summed E-state index contributed by atoms with van der Waals surface area (Å²) in [6, 6.07) is 14.2. The van der Waals surface area contributed by atoms with Gasteiger partial charge in [0, 0.05) is 12.7 Å². The van der Waals surface area contributed by atoms with E-state index in [4.69, 9.17) is 18.9 Å². The third-order valence-electron chi connectivity index (χ3n) is 6.61. The second-order valence-electron chi connectivity index (χ2n) is 9.08. The summed E-state index contributed by atoms with van der Waals surface area (Å²) in [5.74, 6) is -0.966. The Balaban J connectivity index is 1.64. The number of carbonyl (C=O) groups excluding carboxylic acids is 2.